The first kappa shape index (κ1) is 15.1. The van der Waals surface area contributed by atoms with E-state index in [1.54, 1.807) is 0 Å². The number of hydrogen-bond donors (Lipinski definition) is 0. The summed E-state index contributed by atoms with van der Waals surface area (Å²) >= 11 is 0. The van der Waals surface area contributed by atoms with Gasteiger partial charge in [-0.1, -0.05) is 31.5 Å². The highest BCUT2D eigenvalue weighted by Crippen LogP contribution is 2.54. The average molecular weight is 287 g/mol. The fraction of sp³-hybridized carbons (Fsp3) is 0.684. The molecule has 2 heteroatoms. The third-order valence-electron chi connectivity index (χ3n) is 5.76. The number of rotatable bonds is 3. The Morgan fingerprint density at radius 1 is 1.19 bits per heavy atom. The Morgan fingerprint density at radius 2 is 1.81 bits per heavy atom. The van der Waals surface area contributed by atoms with Gasteiger partial charge in [0.1, 0.15) is 0 Å². The normalized spacial score (nSPS) is 30.3. The minimum Gasteiger partial charge on any atom is -0.377 e. The molecular formula is C19H29NO. The maximum Gasteiger partial charge on any atom is 0.0685 e. The third kappa shape index (κ3) is 2.33. The lowest BCUT2D eigenvalue weighted by Gasteiger charge is -2.58. The van der Waals surface area contributed by atoms with Crippen LogP contribution in [-0.2, 0) is 11.3 Å². The van der Waals surface area contributed by atoms with Crippen molar-refractivity contribution in [2.24, 2.45) is 11.3 Å². The van der Waals surface area contributed by atoms with Gasteiger partial charge in [-0.2, -0.15) is 0 Å². The highest BCUT2D eigenvalue weighted by molar-refractivity contribution is 5.37. The molecule has 0 amide bonds. The monoisotopic (exact) mass is 287 g/mol. The fourth-order valence-corrected chi connectivity index (χ4v) is 5.00. The summed E-state index contributed by atoms with van der Waals surface area (Å²) in [5.41, 5.74) is 6.00. The maximum absolute atomic E-state index is 5.93. The van der Waals surface area contributed by atoms with Gasteiger partial charge in [0, 0.05) is 30.5 Å². The summed E-state index contributed by atoms with van der Waals surface area (Å²) in [5, 5.41) is 0. The van der Waals surface area contributed by atoms with Crippen LogP contribution in [0, 0.1) is 32.1 Å². The van der Waals surface area contributed by atoms with Crippen LogP contribution in [0.5, 0.6) is 0 Å². The van der Waals surface area contributed by atoms with Gasteiger partial charge in [0.05, 0.1) is 6.10 Å². The van der Waals surface area contributed by atoms with Crippen LogP contribution in [0.1, 0.15) is 42.5 Å². The van der Waals surface area contributed by atoms with Gasteiger partial charge >= 0.3 is 0 Å². The second-order valence-corrected chi connectivity index (χ2v) is 7.80. The molecular weight excluding hydrogens is 258 g/mol. The van der Waals surface area contributed by atoms with Gasteiger partial charge in [-0.05, 0) is 50.9 Å². The zero-order valence-electron chi connectivity index (χ0n) is 14.4. The summed E-state index contributed by atoms with van der Waals surface area (Å²) in [6.45, 7) is 13.4. The summed E-state index contributed by atoms with van der Waals surface area (Å²) in [6.07, 6.45) is 1.71. The Morgan fingerprint density at radius 3 is 2.43 bits per heavy atom. The first-order valence-corrected chi connectivity index (χ1v) is 8.21. The van der Waals surface area contributed by atoms with E-state index in [0.717, 1.165) is 19.1 Å². The van der Waals surface area contributed by atoms with Gasteiger partial charge in [0.25, 0.3) is 0 Å². The van der Waals surface area contributed by atoms with Crippen LogP contribution < -0.4 is 0 Å². The molecule has 0 aromatic heterocycles. The summed E-state index contributed by atoms with van der Waals surface area (Å²) in [7, 11) is 2.29. The molecule has 3 rings (SSSR count). The minimum atomic E-state index is 0.280. The van der Waals surface area contributed by atoms with E-state index in [0.29, 0.717) is 12.1 Å². The Hall–Kier alpha value is -0.860. The van der Waals surface area contributed by atoms with E-state index in [9.17, 15) is 0 Å². The van der Waals surface area contributed by atoms with Crippen molar-refractivity contribution >= 4 is 0 Å². The lowest BCUT2D eigenvalue weighted by Crippen LogP contribution is -2.65. The molecule has 2 fully saturated rings. The molecule has 3 atom stereocenters. The van der Waals surface area contributed by atoms with Gasteiger partial charge in [0.2, 0.25) is 0 Å². The number of benzene rings is 1. The summed E-state index contributed by atoms with van der Waals surface area (Å²) in [5.74, 6) is 0.732. The minimum absolute atomic E-state index is 0.280. The second-order valence-electron chi connectivity index (χ2n) is 7.80. The maximum atomic E-state index is 5.93. The number of fused-ring (bicyclic) bond motifs is 1. The second kappa shape index (κ2) is 5.10. The predicted molar refractivity (Wildman–Crippen MR) is 87.5 cm³/mol. The Bertz CT molecular complexity index is 525. The third-order valence-corrected chi connectivity index (χ3v) is 5.76. The van der Waals surface area contributed by atoms with Gasteiger partial charge in [0.15, 0.2) is 0 Å². The molecule has 116 valence electrons. The number of ether oxygens (including phenoxy) is 1. The molecule has 2 nitrogen and oxygen atoms in total. The van der Waals surface area contributed by atoms with Crippen LogP contribution in [0.25, 0.3) is 0 Å². The van der Waals surface area contributed by atoms with Crippen LogP contribution >= 0.6 is 0 Å². The number of aryl methyl sites for hydroxylation is 3. The van der Waals surface area contributed by atoms with Gasteiger partial charge in [-0.25, -0.2) is 0 Å². The molecule has 1 aromatic carbocycles. The first-order chi connectivity index (χ1) is 9.82. The summed E-state index contributed by atoms with van der Waals surface area (Å²) in [4.78, 5) is 2.57. The smallest absolute Gasteiger partial charge is 0.0685 e. The van der Waals surface area contributed by atoms with Crippen LogP contribution in [0.4, 0.5) is 0 Å². The average Bonchev–Trinajstić information content (AvgIpc) is 2.79. The molecule has 0 N–H and O–H groups in total. The molecule has 1 aliphatic carbocycles. The predicted octanol–water partition coefficient (Wildman–Crippen LogP) is 3.86. The summed E-state index contributed by atoms with van der Waals surface area (Å²) < 4.78 is 5.93. The zero-order chi connectivity index (χ0) is 15.4. The van der Waals surface area contributed by atoms with E-state index in [-0.39, 0.29) is 5.41 Å². The molecule has 21 heavy (non-hydrogen) atoms. The largest absolute Gasteiger partial charge is 0.377 e. The van der Waals surface area contributed by atoms with Crippen LogP contribution in [0.2, 0.25) is 0 Å². The molecule has 1 heterocycles. The fourth-order valence-electron chi connectivity index (χ4n) is 5.00. The number of nitrogens with zero attached hydrogens (tertiary/aromatic N) is 1. The molecule has 1 aliphatic heterocycles. The standard InChI is InChI=1S/C19H29NO/c1-12-9-13(2)16(14(3)10-12)11-20(6)17-15-7-8-21-18(15)19(17,4)5/h9-10,15,17-18H,7-8,11H2,1-6H3/t15-,17-,18-/m1/s1. The first-order valence-electron chi connectivity index (χ1n) is 8.21. The lowest BCUT2D eigenvalue weighted by atomic mass is 9.57. The van der Waals surface area contributed by atoms with E-state index < -0.39 is 0 Å². The van der Waals surface area contributed by atoms with E-state index in [1.807, 2.05) is 0 Å². The summed E-state index contributed by atoms with van der Waals surface area (Å²) in [6, 6.07) is 5.26. The highest BCUT2D eigenvalue weighted by Gasteiger charge is 2.60. The molecule has 1 saturated heterocycles. The van der Waals surface area contributed by atoms with E-state index >= 15 is 0 Å². The van der Waals surface area contributed by atoms with Crippen molar-refractivity contribution < 1.29 is 4.74 Å². The van der Waals surface area contributed by atoms with Crippen LogP contribution in [0.15, 0.2) is 12.1 Å². The van der Waals surface area contributed by atoms with Gasteiger partial charge in [-0.15, -0.1) is 0 Å². The molecule has 0 radical (unpaired) electrons. The quantitative estimate of drug-likeness (QED) is 0.837. The van der Waals surface area contributed by atoms with Crippen molar-refractivity contribution in [3.8, 4) is 0 Å². The molecule has 0 bridgehead atoms. The zero-order valence-corrected chi connectivity index (χ0v) is 14.4. The van der Waals surface area contributed by atoms with E-state index in [4.69, 9.17) is 4.74 Å². The molecule has 0 spiro atoms. The van der Waals surface area contributed by atoms with Crippen molar-refractivity contribution in [2.75, 3.05) is 13.7 Å². The van der Waals surface area contributed by atoms with Gasteiger partial charge < -0.3 is 4.74 Å². The molecule has 1 aromatic rings. The Balaban J connectivity index is 1.80. The van der Waals surface area contributed by atoms with Crippen molar-refractivity contribution in [3.63, 3.8) is 0 Å². The van der Waals surface area contributed by atoms with Crippen molar-refractivity contribution in [2.45, 2.75) is 59.7 Å². The van der Waals surface area contributed by atoms with Crippen molar-refractivity contribution in [1.82, 2.24) is 4.90 Å². The van der Waals surface area contributed by atoms with Crippen molar-refractivity contribution in [3.05, 3.63) is 34.4 Å². The van der Waals surface area contributed by atoms with Crippen molar-refractivity contribution in [1.29, 1.82) is 0 Å². The lowest BCUT2D eigenvalue weighted by molar-refractivity contribution is -0.151. The SMILES string of the molecule is Cc1cc(C)c(CN(C)[C@@H]2[C@H]3CCO[C@H]3C2(C)C)c(C)c1. The van der Waals surface area contributed by atoms with Gasteiger partial charge in [-0.3, -0.25) is 4.90 Å². The van der Waals surface area contributed by atoms with Crippen LogP contribution in [0.3, 0.4) is 0 Å². The van der Waals surface area contributed by atoms with Crippen LogP contribution in [-0.4, -0.2) is 30.7 Å². The van der Waals surface area contributed by atoms with E-state index in [2.05, 4.69) is 58.7 Å². The molecule has 2 aliphatic rings. The number of hydrogen-bond acceptors (Lipinski definition) is 2. The Labute approximate surface area is 129 Å². The molecule has 0 unspecified atom stereocenters. The topological polar surface area (TPSA) is 12.5 Å². The molecule has 1 saturated carbocycles. The van der Waals surface area contributed by atoms with E-state index in [1.165, 1.54) is 28.7 Å². The highest BCUT2D eigenvalue weighted by atomic mass is 16.5. The Kier molecular flexibility index (Phi) is 3.66.